The third-order valence-electron chi connectivity index (χ3n) is 2.67. The van der Waals surface area contributed by atoms with Crippen LogP contribution in [0.3, 0.4) is 0 Å². The molecule has 0 atom stereocenters. The van der Waals surface area contributed by atoms with E-state index in [1.165, 1.54) is 6.42 Å². The Kier molecular flexibility index (Phi) is 81.3. The van der Waals surface area contributed by atoms with Crippen LogP contribution in [0.1, 0.15) is 77.7 Å². The Morgan fingerprint density at radius 3 is 0.333 bits per heavy atom. The standard InChI is InChI=1S/4C6H6.C3H8.2C2H6O2S.2C2H6.4CH4/c4*1-2-4-6-5-3-1;1-3-2;2*1-5(2,3)4;2*1-2;;;;/h4*1-6H;3H2,1-2H3;2*1-2H3;2*1-2H3;4*1H4. The van der Waals surface area contributed by atoms with Crippen molar-refractivity contribution < 1.29 is 16.8 Å². The lowest BCUT2D eigenvalue weighted by atomic mass is 10.4. The zero-order valence-corrected chi connectivity index (χ0v) is 28.6. The van der Waals surface area contributed by atoms with E-state index in [-0.39, 0.29) is 29.7 Å². The molecule has 4 aromatic carbocycles. The van der Waals surface area contributed by atoms with E-state index in [0.29, 0.717) is 0 Å². The minimum absolute atomic E-state index is 0. The molecule has 0 unspecified atom stereocenters. The summed E-state index contributed by atoms with van der Waals surface area (Å²) in [6, 6.07) is 48.0. The topological polar surface area (TPSA) is 68.3 Å². The molecule has 0 aromatic heterocycles. The van der Waals surface area contributed by atoms with Gasteiger partial charge in [-0.2, -0.15) is 0 Å². The average molecular weight is 669 g/mol. The third-order valence-corrected chi connectivity index (χ3v) is 2.67. The predicted molar refractivity (Wildman–Crippen MR) is 213 cm³/mol. The molecular formula is C39H72O4S2. The molecule has 0 aliphatic rings. The fraction of sp³-hybridized carbons (Fsp3) is 0.385. The van der Waals surface area contributed by atoms with Crippen molar-refractivity contribution in [1.82, 2.24) is 0 Å². The van der Waals surface area contributed by atoms with Gasteiger partial charge in [-0.1, -0.05) is 223 Å². The van der Waals surface area contributed by atoms with Crippen molar-refractivity contribution in [2.75, 3.05) is 25.0 Å². The van der Waals surface area contributed by atoms with Crippen molar-refractivity contribution in [2.24, 2.45) is 0 Å². The minimum Gasteiger partial charge on any atom is -0.229 e. The van der Waals surface area contributed by atoms with Gasteiger partial charge in [-0.3, -0.25) is 0 Å². The van der Waals surface area contributed by atoms with E-state index < -0.39 is 19.7 Å². The van der Waals surface area contributed by atoms with Gasteiger partial charge in [-0.15, -0.1) is 0 Å². The van der Waals surface area contributed by atoms with E-state index in [0.717, 1.165) is 25.0 Å². The van der Waals surface area contributed by atoms with Gasteiger partial charge in [-0.25, -0.2) is 16.8 Å². The van der Waals surface area contributed by atoms with Gasteiger partial charge >= 0.3 is 0 Å². The largest absolute Gasteiger partial charge is 0.229 e. The summed E-state index contributed by atoms with van der Waals surface area (Å²) in [4.78, 5) is 0. The van der Waals surface area contributed by atoms with Crippen LogP contribution in [-0.2, 0) is 19.7 Å². The molecule has 0 aliphatic carbocycles. The summed E-state index contributed by atoms with van der Waals surface area (Å²) in [7, 11) is -5.33. The Bertz CT molecular complexity index is 826. The molecule has 0 aliphatic heterocycles. The number of rotatable bonds is 0. The van der Waals surface area contributed by atoms with Crippen molar-refractivity contribution in [3.05, 3.63) is 146 Å². The minimum atomic E-state index is -2.67. The van der Waals surface area contributed by atoms with Crippen LogP contribution < -0.4 is 0 Å². The molecule has 6 heteroatoms. The molecule has 4 nitrogen and oxygen atoms in total. The zero-order chi connectivity index (χ0) is 32.7. The lowest BCUT2D eigenvalue weighted by molar-refractivity contribution is 0.605. The van der Waals surface area contributed by atoms with Crippen molar-refractivity contribution in [1.29, 1.82) is 0 Å². The highest BCUT2D eigenvalue weighted by Crippen LogP contribution is 1.81. The van der Waals surface area contributed by atoms with Crippen LogP contribution in [-0.4, -0.2) is 41.9 Å². The summed E-state index contributed by atoms with van der Waals surface area (Å²) < 4.78 is 38.5. The first-order valence-electron chi connectivity index (χ1n) is 13.7. The fourth-order valence-corrected chi connectivity index (χ4v) is 1.54. The SMILES string of the molecule is C.C.C.C.CC.CC.CCC.CS(C)(=O)=O.CS(C)(=O)=O.c1ccccc1.c1ccccc1.c1ccccc1.c1ccccc1. The maximum atomic E-state index is 9.63. The van der Waals surface area contributed by atoms with Crippen molar-refractivity contribution in [3.63, 3.8) is 0 Å². The normalized spacial score (nSPS) is 7.51. The van der Waals surface area contributed by atoms with Gasteiger partial charge in [0, 0.05) is 25.0 Å². The lowest BCUT2D eigenvalue weighted by Gasteiger charge is -1.69. The van der Waals surface area contributed by atoms with Gasteiger partial charge in [0.1, 0.15) is 19.7 Å². The first-order valence-corrected chi connectivity index (χ1v) is 18.3. The highest BCUT2D eigenvalue weighted by atomic mass is 32.2. The Hall–Kier alpha value is -3.22. The molecule has 0 saturated heterocycles. The number of benzene rings is 4. The van der Waals surface area contributed by atoms with Crippen LogP contribution >= 0.6 is 0 Å². The van der Waals surface area contributed by atoms with E-state index in [1.54, 1.807) is 0 Å². The number of sulfone groups is 2. The highest BCUT2D eigenvalue weighted by Gasteiger charge is 1.79. The van der Waals surface area contributed by atoms with Gasteiger partial charge < -0.3 is 0 Å². The molecule has 0 bridgehead atoms. The van der Waals surface area contributed by atoms with Crippen molar-refractivity contribution in [3.8, 4) is 0 Å². The van der Waals surface area contributed by atoms with Gasteiger partial charge in [0.25, 0.3) is 0 Å². The van der Waals surface area contributed by atoms with E-state index >= 15 is 0 Å². The van der Waals surface area contributed by atoms with Crippen LogP contribution in [0.2, 0.25) is 0 Å². The molecule has 0 fully saturated rings. The summed E-state index contributed by atoms with van der Waals surface area (Å²) >= 11 is 0. The monoisotopic (exact) mass is 668 g/mol. The number of hydrogen-bond donors (Lipinski definition) is 0. The fourth-order valence-electron chi connectivity index (χ4n) is 1.54. The number of hydrogen-bond acceptors (Lipinski definition) is 4. The first-order chi connectivity index (χ1) is 19.4. The maximum absolute atomic E-state index is 9.63. The quantitative estimate of drug-likeness (QED) is 0.187. The zero-order valence-electron chi connectivity index (χ0n) is 27.0. The molecule has 0 amide bonds. The molecule has 45 heavy (non-hydrogen) atoms. The van der Waals surface area contributed by atoms with Crippen LogP contribution in [0.5, 0.6) is 0 Å². The van der Waals surface area contributed by atoms with Crippen LogP contribution in [0, 0.1) is 0 Å². The second-order valence-electron chi connectivity index (χ2n) is 7.61. The van der Waals surface area contributed by atoms with Crippen LogP contribution in [0.25, 0.3) is 0 Å². The van der Waals surface area contributed by atoms with E-state index in [2.05, 4.69) is 13.8 Å². The second kappa shape index (κ2) is 56.6. The summed E-state index contributed by atoms with van der Waals surface area (Å²) in [5.41, 5.74) is 0. The summed E-state index contributed by atoms with van der Waals surface area (Å²) in [6.45, 7) is 12.2. The predicted octanol–water partition coefficient (Wildman–Crippen LogP) is 12.1. The van der Waals surface area contributed by atoms with Crippen LogP contribution in [0.15, 0.2) is 146 Å². The summed E-state index contributed by atoms with van der Waals surface area (Å²) in [5, 5.41) is 0. The van der Waals surface area contributed by atoms with Crippen molar-refractivity contribution >= 4 is 19.7 Å². The van der Waals surface area contributed by atoms with E-state index in [4.69, 9.17) is 0 Å². The highest BCUT2D eigenvalue weighted by molar-refractivity contribution is 7.90. The Labute approximate surface area is 283 Å². The molecule has 4 aromatic rings. The van der Waals surface area contributed by atoms with Gasteiger partial charge in [0.15, 0.2) is 0 Å². The molecule has 0 radical (unpaired) electrons. The molecule has 264 valence electrons. The van der Waals surface area contributed by atoms with Gasteiger partial charge in [0.2, 0.25) is 0 Å². The molecule has 0 heterocycles. The van der Waals surface area contributed by atoms with E-state index in [1.807, 2.05) is 173 Å². The average Bonchev–Trinajstić information content (AvgIpc) is 2.99. The van der Waals surface area contributed by atoms with Crippen LogP contribution in [0.4, 0.5) is 0 Å². The Morgan fingerprint density at radius 1 is 0.289 bits per heavy atom. The molecule has 0 spiro atoms. The molecular weight excluding hydrogens is 597 g/mol. The summed E-state index contributed by atoms with van der Waals surface area (Å²) in [6.07, 6.45) is 5.89. The Balaban J connectivity index is -0.0000000468. The summed E-state index contributed by atoms with van der Waals surface area (Å²) in [5.74, 6) is 0. The smallest absolute Gasteiger partial charge is 0.144 e. The molecule has 0 N–H and O–H groups in total. The van der Waals surface area contributed by atoms with Gasteiger partial charge in [0.05, 0.1) is 0 Å². The molecule has 4 rings (SSSR count). The lowest BCUT2D eigenvalue weighted by Crippen LogP contribution is -1.86. The third kappa shape index (κ3) is 142. The first kappa shape index (κ1) is 64.7. The second-order valence-corrected chi connectivity index (χ2v) is 12.2. The van der Waals surface area contributed by atoms with Crippen molar-refractivity contribution in [2.45, 2.75) is 77.7 Å². The van der Waals surface area contributed by atoms with Gasteiger partial charge in [-0.05, 0) is 0 Å². The molecule has 0 saturated carbocycles. The Morgan fingerprint density at radius 2 is 0.311 bits per heavy atom. The van der Waals surface area contributed by atoms with E-state index in [9.17, 15) is 16.8 Å². The maximum Gasteiger partial charge on any atom is 0.144 e.